The number of nitrogens with zero attached hydrogens (tertiary/aromatic N) is 4. The third kappa shape index (κ3) is 3.51. The first kappa shape index (κ1) is 17.9. The highest BCUT2D eigenvalue weighted by Crippen LogP contribution is 2.28. The summed E-state index contributed by atoms with van der Waals surface area (Å²) in [5.41, 5.74) is 1.49. The third-order valence-corrected chi connectivity index (χ3v) is 4.04. The van der Waals surface area contributed by atoms with Crippen LogP contribution in [0.1, 0.15) is 41.6 Å². The normalized spacial score (nSPS) is 11.4. The number of hydrogen-bond donors (Lipinski definition) is 0. The molecule has 0 saturated carbocycles. The van der Waals surface area contributed by atoms with Crippen LogP contribution in [0.3, 0.4) is 0 Å². The zero-order valence-electron chi connectivity index (χ0n) is 15.6. The Balaban J connectivity index is 1.59. The highest BCUT2D eigenvalue weighted by atomic mass is 16.6. The molecule has 28 heavy (non-hydrogen) atoms. The van der Waals surface area contributed by atoms with E-state index in [0.29, 0.717) is 40.7 Å². The van der Waals surface area contributed by atoms with Gasteiger partial charge in [0.15, 0.2) is 18.2 Å². The molecule has 0 radical (unpaired) electrons. The van der Waals surface area contributed by atoms with E-state index in [2.05, 4.69) is 34.1 Å². The zero-order chi connectivity index (χ0) is 19.7. The van der Waals surface area contributed by atoms with Crippen LogP contribution in [0.5, 0.6) is 0 Å². The van der Waals surface area contributed by atoms with Gasteiger partial charge >= 0.3 is 5.97 Å². The van der Waals surface area contributed by atoms with Gasteiger partial charge in [-0.05, 0) is 31.0 Å². The van der Waals surface area contributed by atoms with Crippen molar-refractivity contribution >= 4 is 17.1 Å². The topological polar surface area (TPSA) is 117 Å². The predicted molar refractivity (Wildman–Crippen MR) is 96.2 cm³/mol. The number of fused-ring (bicyclic) bond motifs is 1. The number of esters is 1. The molecule has 144 valence electrons. The smallest absolute Gasteiger partial charge is 0.339 e. The molecule has 0 amide bonds. The summed E-state index contributed by atoms with van der Waals surface area (Å²) >= 11 is 0. The van der Waals surface area contributed by atoms with Crippen LogP contribution in [0.15, 0.2) is 37.9 Å². The second-order valence-corrected chi connectivity index (χ2v) is 6.76. The van der Waals surface area contributed by atoms with Gasteiger partial charge in [0.2, 0.25) is 0 Å². The molecule has 0 aromatic carbocycles. The molecule has 0 spiro atoms. The highest BCUT2D eigenvalue weighted by Gasteiger charge is 2.22. The Morgan fingerprint density at radius 1 is 1.21 bits per heavy atom. The Labute approximate surface area is 159 Å². The van der Waals surface area contributed by atoms with Crippen LogP contribution >= 0.6 is 0 Å². The molecule has 0 unspecified atom stereocenters. The van der Waals surface area contributed by atoms with Gasteiger partial charge in [-0.2, -0.15) is 4.98 Å². The second-order valence-electron chi connectivity index (χ2n) is 6.76. The SMILES string of the molecule is Cc1noc2nc(-c3ccco3)cc(C(=O)OCc3nc(CC(C)C)no3)c12. The maximum Gasteiger partial charge on any atom is 0.339 e. The highest BCUT2D eigenvalue weighted by molar-refractivity contribution is 6.04. The lowest BCUT2D eigenvalue weighted by Gasteiger charge is -2.05. The molecule has 0 aliphatic rings. The third-order valence-electron chi connectivity index (χ3n) is 4.04. The fourth-order valence-electron chi connectivity index (χ4n) is 2.81. The van der Waals surface area contributed by atoms with E-state index in [9.17, 15) is 4.79 Å². The molecule has 0 saturated heterocycles. The molecule has 4 aromatic rings. The van der Waals surface area contributed by atoms with Gasteiger partial charge in [-0.1, -0.05) is 24.2 Å². The van der Waals surface area contributed by atoms with E-state index in [0.717, 1.165) is 0 Å². The van der Waals surface area contributed by atoms with E-state index < -0.39 is 5.97 Å². The first-order valence-corrected chi connectivity index (χ1v) is 8.80. The lowest BCUT2D eigenvalue weighted by atomic mass is 10.1. The molecule has 0 aliphatic carbocycles. The fraction of sp³-hybridized carbons (Fsp3) is 0.316. The summed E-state index contributed by atoms with van der Waals surface area (Å²) in [5, 5.41) is 8.27. The molecule has 0 fully saturated rings. The van der Waals surface area contributed by atoms with Crippen molar-refractivity contribution in [1.82, 2.24) is 20.3 Å². The average molecular weight is 382 g/mol. The first-order chi connectivity index (χ1) is 13.5. The lowest BCUT2D eigenvalue weighted by molar-refractivity contribution is 0.0432. The molecule has 9 nitrogen and oxygen atoms in total. The van der Waals surface area contributed by atoms with Gasteiger partial charge in [-0.15, -0.1) is 0 Å². The quantitative estimate of drug-likeness (QED) is 0.460. The van der Waals surface area contributed by atoms with E-state index in [-0.39, 0.29) is 23.8 Å². The number of aryl methyl sites for hydroxylation is 1. The van der Waals surface area contributed by atoms with Gasteiger partial charge in [0.25, 0.3) is 11.6 Å². The number of carbonyl (C=O) groups is 1. The summed E-state index contributed by atoms with van der Waals surface area (Å²) in [5.74, 6) is 1.15. The Kier molecular flexibility index (Phi) is 4.64. The number of furan rings is 1. The van der Waals surface area contributed by atoms with Crippen LogP contribution in [-0.4, -0.2) is 26.3 Å². The average Bonchev–Trinajstić information content (AvgIpc) is 3.40. The standard InChI is InChI=1S/C19H18N4O5/c1-10(2)7-15-21-16(27-23-15)9-26-19(24)12-8-13(14-5-4-6-25-14)20-18-17(12)11(3)22-28-18/h4-6,8,10H,7,9H2,1-3H3. The fourth-order valence-corrected chi connectivity index (χ4v) is 2.81. The van der Waals surface area contributed by atoms with E-state index in [4.69, 9.17) is 18.2 Å². The molecule has 4 rings (SSSR count). The summed E-state index contributed by atoms with van der Waals surface area (Å²) in [7, 11) is 0. The first-order valence-electron chi connectivity index (χ1n) is 8.80. The van der Waals surface area contributed by atoms with E-state index >= 15 is 0 Å². The molecule has 4 heterocycles. The molecular weight excluding hydrogens is 364 g/mol. The number of aromatic nitrogens is 4. The van der Waals surface area contributed by atoms with Crippen LogP contribution in [0.4, 0.5) is 0 Å². The van der Waals surface area contributed by atoms with Gasteiger partial charge in [0, 0.05) is 6.42 Å². The minimum atomic E-state index is -0.574. The largest absolute Gasteiger partial charge is 0.463 e. The van der Waals surface area contributed by atoms with Crippen LogP contribution in [0, 0.1) is 12.8 Å². The van der Waals surface area contributed by atoms with Crippen LogP contribution < -0.4 is 0 Å². The van der Waals surface area contributed by atoms with Crippen LogP contribution in [0.2, 0.25) is 0 Å². The van der Waals surface area contributed by atoms with Gasteiger partial charge in [-0.3, -0.25) is 0 Å². The molecule has 9 heteroatoms. The summed E-state index contributed by atoms with van der Waals surface area (Å²) in [6.07, 6.45) is 2.21. The maximum absolute atomic E-state index is 12.7. The molecule has 0 bridgehead atoms. The van der Waals surface area contributed by atoms with Crippen molar-refractivity contribution in [2.75, 3.05) is 0 Å². The number of ether oxygens (including phenoxy) is 1. The van der Waals surface area contributed by atoms with Crippen LogP contribution in [0.25, 0.3) is 22.6 Å². The predicted octanol–water partition coefficient (Wildman–Crippen LogP) is 3.73. The van der Waals surface area contributed by atoms with E-state index in [1.807, 2.05) is 0 Å². The minimum Gasteiger partial charge on any atom is -0.463 e. The summed E-state index contributed by atoms with van der Waals surface area (Å²) < 4.78 is 21.1. The molecule has 0 aliphatic heterocycles. The van der Waals surface area contributed by atoms with Crippen molar-refractivity contribution in [3.8, 4) is 11.5 Å². The summed E-state index contributed by atoms with van der Waals surface area (Å²) in [4.78, 5) is 21.3. The Morgan fingerprint density at radius 3 is 2.82 bits per heavy atom. The Hall–Kier alpha value is -3.49. The second kappa shape index (κ2) is 7.26. The van der Waals surface area contributed by atoms with Gasteiger partial charge in [-0.25, -0.2) is 9.78 Å². The molecule has 4 aromatic heterocycles. The number of hydrogen-bond acceptors (Lipinski definition) is 9. The molecular formula is C19H18N4O5. The van der Waals surface area contributed by atoms with Gasteiger partial charge in [0.1, 0.15) is 5.69 Å². The lowest BCUT2D eigenvalue weighted by Crippen LogP contribution is -2.07. The zero-order valence-corrected chi connectivity index (χ0v) is 15.6. The van der Waals surface area contributed by atoms with Crippen molar-refractivity contribution in [1.29, 1.82) is 0 Å². The monoisotopic (exact) mass is 382 g/mol. The van der Waals surface area contributed by atoms with Crippen molar-refractivity contribution < 1.29 is 23.0 Å². The van der Waals surface area contributed by atoms with Crippen molar-refractivity contribution in [3.63, 3.8) is 0 Å². The van der Waals surface area contributed by atoms with Crippen LogP contribution in [-0.2, 0) is 17.8 Å². The Morgan fingerprint density at radius 2 is 2.07 bits per heavy atom. The van der Waals surface area contributed by atoms with Crippen molar-refractivity contribution in [2.45, 2.75) is 33.8 Å². The molecule has 0 N–H and O–H groups in total. The van der Waals surface area contributed by atoms with Crippen molar-refractivity contribution in [3.05, 3.63) is 47.4 Å². The Bertz CT molecular complexity index is 1110. The summed E-state index contributed by atoms with van der Waals surface area (Å²) in [6, 6.07) is 5.06. The van der Waals surface area contributed by atoms with Crippen molar-refractivity contribution in [2.24, 2.45) is 5.92 Å². The number of carbonyl (C=O) groups excluding carboxylic acids is 1. The van der Waals surface area contributed by atoms with E-state index in [1.54, 1.807) is 25.1 Å². The number of rotatable bonds is 6. The van der Waals surface area contributed by atoms with E-state index in [1.165, 1.54) is 6.26 Å². The van der Waals surface area contributed by atoms with Gasteiger partial charge < -0.3 is 18.2 Å². The summed E-state index contributed by atoms with van der Waals surface area (Å²) in [6.45, 7) is 5.71. The molecule has 0 atom stereocenters. The maximum atomic E-state index is 12.7. The number of pyridine rings is 1. The van der Waals surface area contributed by atoms with Gasteiger partial charge in [0.05, 0.1) is 22.9 Å². The minimum absolute atomic E-state index is 0.131.